The molecule has 0 saturated heterocycles. The van der Waals surface area contributed by atoms with E-state index in [2.05, 4.69) is 0 Å². The molecular weight excluding hydrogens is 453 g/mol. The summed E-state index contributed by atoms with van der Waals surface area (Å²) in [6.07, 6.45) is 0. The summed E-state index contributed by atoms with van der Waals surface area (Å²) in [5, 5.41) is -5.65. The van der Waals surface area contributed by atoms with Crippen molar-refractivity contribution in [2.24, 2.45) is 0 Å². The van der Waals surface area contributed by atoms with Gasteiger partial charge in [0.2, 0.25) is 11.6 Å². The van der Waals surface area contributed by atoms with E-state index in [1.54, 1.807) is 0 Å². The Balaban J connectivity index is 2.60. The first-order valence-electron chi connectivity index (χ1n) is 7.74. The Bertz CT molecular complexity index is 1030. The molecule has 0 aliphatic heterocycles. The topological polar surface area (TPSA) is 0 Å². The molecule has 3 aromatic carbocycles. The zero-order chi connectivity index (χ0) is 22.5. The second-order valence-corrected chi connectivity index (χ2v) is 8.81. The minimum Gasteiger partial charge on any atom is -0.295 e. The van der Waals surface area contributed by atoms with E-state index in [-0.39, 0.29) is 0 Å². The highest BCUT2D eigenvalue weighted by Gasteiger charge is 2.53. The lowest BCUT2D eigenvalue weighted by Crippen LogP contribution is -2.68. The van der Waals surface area contributed by atoms with Crippen LogP contribution in [0.3, 0.4) is 0 Å². The first kappa shape index (κ1) is 21.8. The molecule has 0 aliphatic carbocycles. The third-order valence-electron chi connectivity index (χ3n) is 4.28. The summed E-state index contributed by atoms with van der Waals surface area (Å²) in [4.78, 5) is 0. The van der Waals surface area contributed by atoms with Gasteiger partial charge in [-0.3, -0.25) is 4.11 Å². The van der Waals surface area contributed by atoms with E-state index in [0.29, 0.717) is 12.1 Å². The van der Waals surface area contributed by atoms with Crippen molar-refractivity contribution in [3.63, 3.8) is 0 Å². The number of rotatable bonds is 3. The Labute approximate surface area is 161 Å². The van der Waals surface area contributed by atoms with Crippen LogP contribution in [-0.4, -0.2) is 8.41 Å². The molecule has 0 aromatic heterocycles. The molecule has 0 unspecified atom stereocenters. The second kappa shape index (κ2) is 7.42. The Morgan fingerprint density at radius 2 is 0.667 bits per heavy atom. The molecule has 12 heteroatoms. The zero-order valence-electron chi connectivity index (χ0n) is 14.0. The van der Waals surface area contributed by atoms with Gasteiger partial charge in [-0.25, -0.2) is 43.9 Å². The average molecular weight is 458 g/mol. The fourth-order valence-corrected chi connectivity index (χ4v) is 6.02. The molecule has 3 aromatic rings. The molecule has 0 atom stereocenters. The smallest absolute Gasteiger partial charge is 0.295 e. The van der Waals surface area contributed by atoms with E-state index >= 15 is 4.11 Å². The summed E-state index contributed by atoms with van der Waals surface area (Å²) in [7, 11) is -6.52. The summed E-state index contributed by atoms with van der Waals surface area (Å²) < 4.78 is 155. The maximum Gasteiger partial charge on any atom is 0.351 e. The Morgan fingerprint density at radius 1 is 0.400 bits per heavy atom. The molecule has 0 aliphatic rings. The maximum absolute atomic E-state index is 16.3. The van der Waals surface area contributed by atoms with E-state index in [9.17, 15) is 43.9 Å². The first-order valence-corrected chi connectivity index (χ1v) is 9.62. The largest absolute Gasteiger partial charge is 0.351 e. The third kappa shape index (κ3) is 2.89. The van der Waals surface area contributed by atoms with Crippen LogP contribution in [-0.2, 0) is 0 Å². The van der Waals surface area contributed by atoms with Crippen LogP contribution >= 0.6 is 0 Å². The SMILES string of the molecule is Fc1c(F)c(F)c([Si](F)(c2ccccc2)c2c(F)c(F)c(F)c(F)c2F)c(F)c1F. The van der Waals surface area contributed by atoms with Crippen molar-refractivity contribution in [3.8, 4) is 0 Å². The van der Waals surface area contributed by atoms with Crippen molar-refractivity contribution in [2.45, 2.75) is 0 Å². The van der Waals surface area contributed by atoms with Gasteiger partial charge < -0.3 is 0 Å². The van der Waals surface area contributed by atoms with E-state index in [4.69, 9.17) is 0 Å². The highest BCUT2D eigenvalue weighted by molar-refractivity contribution is 7.06. The minimum absolute atomic E-state index is 0.655. The van der Waals surface area contributed by atoms with Crippen LogP contribution in [0.1, 0.15) is 0 Å². The van der Waals surface area contributed by atoms with Gasteiger partial charge in [-0.05, 0) is 5.19 Å². The Kier molecular flexibility index (Phi) is 5.39. The summed E-state index contributed by atoms with van der Waals surface area (Å²) in [6.45, 7) is 0. The van der Waals surface area contributed by atoms with Crippen molar-refractivity contribution in [1.29, 1.82) is 0 Å². The first-order chi connectivity index (χ1) is 14.0. The number of hydrogen-bond acceptors (Lipinski definition) is 0. The number of hydrogen-bond donors (Lipinski definition) is 0. The molecule has 0 fully saturated rings. The Hall–Kier alpha value is -2.89. The van der Waals surface area contributed by atoms with Gasteiger partial charge >= 0.3 is 8.41 Å². The highest BCUT2D eigenvalue weighted by Crippen LogP contribution is 2.25. The van der Waals surface area contributed by atoms with Gasteiger partial charge in [-0.1, -0.05) is 30.3 Å². The van der Waals surface area contributed by atoms with Gasteiger partial charge in [0.15, 0.2) is 46.5 Å². The monoisotopic (exact) mass is 458 g/mol. The molecular formula is C18H5F11Si. The van der Waals surface area contributed by atoms with Crippen LogP contribution < -0.4 is 15.6 Å². The van der Waals surface area contributed by atoms with E-state index < -0.39 is 82.1 Å². The van der Waals surface area contributed by atoms with Gasteiger partial charge in [0.05, 0.1) is 10.4 Å². The molecule has 0 spiro atoms. The van der Waals surface area contributed by atoms with Gasteiger partial charge in [-0.2, -0.15) is 0 Å². The molecule has 0 N–H and O–H groups in total. The lowest BCUT2D eigenvalue weighted by atomic mass is 10.3. The quantitative estimate of drug-likeness (QED) is 0.139. The number of halogens is 11. The molecule has 30 heavy (non-hydrogen) atoms. The molecule has 3 rings (SSSR count). The predicted octanol–water partition coefficient (Wildman–Crippen LogP) is 4.01. The number of benzene rings is 3. The molecule has 0 bridgehead atoms. The Morgan fingerprint density at radius 3 is 0.967 bits per heavy atom. The molecule has 0 radical (unpaired) electrons. The lowest BCUT2D eigenvalue weighted by Gasteiger charge is -2.26. The van der Waals surface area contributed by atoms with Gasteiger partial charge in [0, 0.05) is 0 Å². The van der Waals surface area contributed by atoms with Crippen LogP contribution in [0.15, 0.2) is 30.3 Å². The molecule has 0 nitrogen and oxygen atoms in total. The van der Waals surface area contributed by atoms with Crippen LogP contribution in [0.5, 0.6) is 0 Å². The van der Waals surface area contributed by atoms with Gasteiger partial charge in [0.25, 0.3) is 0 Å². The van der Waals surface area contributed by atoms with Crippen molar-refractivity contribution >= 4 is 24.0 Å². The lowest BCUT2D eigenvalue weighted by molar-refractivity contribution is 0.380. The molecule has 0 amide bonds. The predicted molar refractivity (Wildman–Crippen MR) is 84.7 cm³/mol. The van der Waals surface area contributed by atoms with Crippen LogP contribution in [0, 0.1) is 58.2 Å². The summed E-state index contributed by atoms with van der Waals surface area (Å²) in [5.41, 5.74) is 0. The second-order valence-electron chi connectivity index (χ2n) is 5.91. The minimum atomic E-state index is -6.52. The highest BCUT2D eigenvalue weighted by atomic mass is 28.4. The summed E-state index contributed by atoms with van der Waals surface area (Å²) in [5.74, 6) is -27.2. The summed E-state index contributed by atoms with van der Waals surface area (Å²) in [6, 6.07) is 4.43. The maximum atomic E-state index is 16.3. The zero-order valence-corrected chi connectivity index (χ0v) is 15.0. The van der Waals surface area contributed by atoms with Crippen molar-refractivity contribution in [3.05, 3.63) is 88.5 Å². The third-order valence-corrected chi connectivity index (χ3v) is 7.66. The molecule has 0 heterocycles. The van der Waals surface area contributed by atoms with Gasteiger partial charge in [-0.15, -0.1) is 0 Å². The van der Waals surface area contributed by atoms with Crippen molar-refractivity contribution in [1.82, 2.24) is 0 Å². The van der Waals surface area contributed by atoms with Crippen molar-refractivity contribution in [2.75, 3.05) is 0 Å². The molecule has 0 saturated carbocycles. The van der Waals surface area contributed by atoms with E-state index in [1.807, 2.05) is 0 Å². The average Bonchev–Trinajstić information content (AvgIpc) is 2.74. The molecule has 158 valence electrons. The normalized spacial score (nSPS) is 11.8. The summed E-state index contributed by atoms with van der Waals surface area (Å²) >= 11 is 0. The van der Waals surface area contributed by atoms with Crippen LogP contribution in [0.4, 0.5) is 48.0 Å². The fourth-order valence-electron chi connectivity index (χ4n) is 2.90. The van der Waals surface area contributed by atoms with Crippen LogP contribution in [0.2, 0.25) is 0 Å². The van der Waals surface area contributed by atoms with E-state index in [1.165, 1.54) is 6.07 Å². The fraction of sp³-hybridized carbons (Fsp3) is 0. The standard InChI is InChI=1S/C18H5F11Si/c19-7-9(21)13(25)17(14(26)10(7)22)30(29,6-4-2-1-3-5-6)18-15(27)11(23)8(20)12(24)16(18)28/h1-5H. The van der Waals surface area contributed by atoms with E-state index in [0.717, 1.165) is 12.1 Å². The van der Waals surface area contributed by atoms with Crippen molar-refractivity contribution < 1.29 is 48.0 Å². The van der Waals surface area contributed by atoms with Crippen LogP contribution in [0.25, 0.3) is 0 Å². The van der Waals surface area contributed by atoms with Gasteiger partial charge in [0.1, 0.15) is 0 Å².